The number of hydrogen-bond acceptors (Lipinski definition) is 1. The molecule has 0 aromatic carbocycles. The van der Waals surface area contributed by atoms with Crippen molar-refractivity contribution in [3.8, 4) is 0 Å². The summed E-state index contributed by atoms with van der Waals surface area (Å²) in [7, 11) is 0. The first kappa shape index (κ1) is 12.2. The van der Waals surface area contributed by atoms with Crippen molar-refractivity contribution in [2.45, 2.75) is 41.5 Å². The lowest BCUT2D eigenvalue weighted by Crippen LogP contribution is -2.08. The highest BCUT2D eigenvalue weighted by Gasteiger charge is 2.15. The van der Waals surface area contributed by atoms with E-state index in [4.69, 9.17) is 0 Å². The van der Waals surface area contributed by atoms with Crippen molar-refractivity contribution in [3.05, 3.63) is 23.9 Å². The first-order chi connectivity index (χ1) is 5.91. The van der Waals surface area contributed by atoms with Crippen LogP contribution in [-0.2, 0) is 0 Å². The van der Waals surface area contributed by atoms with Crippen LogP contribution in [0.3, 0.4) is 0 Å². The maximum Gasteiger partial charge on any atom is 0.0417 e. The van der Waals surface area contributed by atoms with Crippen LogP contribution in [0.25, 0.3) is 0 Å². The Bertz CT molecular complexity index is 236. The molecule has 0 saturated carbocycles. The van der Waals surface area contributed by atoms with Crippen molar-refractivity contribution in [1.29, 1.82) is 0 Å². The summed E-state index contributed by atoms with van der Waals surface area (Å²) in [5, 5.41) is 0. The lowest BCUT2D eigenvalue weighted by atomic mass is 9.92. The van der Waals surface area contributed by atoms with E-state index in [1.165, 1.54) is 0 Å². The van der Waals surface area contributed by atoms with Crippen LogP contribution in [0.5, 0.6) is 0 Å². The third-order valence-electron chi connectivity index (χ3n) is 1.75. The number of aliphatic imine (C=N–C) groups is 1. The van der Waals surface area contributed by atoms with Crippen molar-refractivity contribution < 1.29 is 0 Å². The largest absolute Gasteiger partial charge is 0.258 e. The fourth-order valence-corrected chi connectivity index (χ4v) is 1.13. The fourth-order valence-electron chi connectivity index (χ4n) is 1.13. The maximum absolute atomic E-state index is 4.55. The molecule has 0 fully saturated rings. The van der Waals surface area contributed by atoms with Crippen molar-refractivity contribution in [2.24, 2.45) is 10.4 Å². The molecule has 0 aromatic rings. The number of rotatable bonds is 2. The van der Waals surface area contributed by atoms with Gasteiger partial charge >= 0.3 is 0 Å². The van der Waals surface area contributed by atoms with E-state index >= 15 is 0 Å². The molecule has 0 rings (SSSR count). The summed E-state index contributed by atoms with van der Waals surface area (Å²) >= 11 is 0. The Labute approximate surface area is 82.3 Å². The molecule has 1 heteroatoms. The van der Waals surface area contributed by atoms with Crippen LogP contribution in [0.4, 0.5) is 0 Å². The molecule has 1 nitrogen and oxygen atoms in total. The summed E-state index contributed by atoms with van der Waals surface area (Å²) in [5.41, 5.74) is 2.34. The normalized spacial score (nSPS) is 15.5. The minimum absolute atomic E-state index is 0.136. The van der Waals surface area contributed by atoms with E-state index in [0.717, 1.165) is 11.4 Å². The Balaban J connectivity index is 4.76. The SMILES string of the molecule is C\C=C/C(C)=N\C(=C/C)C(C)(C)C. The van der Waals surface area contributed by atoms with Crippen LogP contribution in [0.2, 0.25) is 0 Å². The van der Waals surface area contributed by atoms with Crippen LogP contribution in [0.15, 0.2) is 28.9 Å². The number of hydrogen-bond donors (Lipinski definition) is 0. The second-order valence-corrected chi connectivity index (χ2v) is 4.18. The van der Waals surface area contributed by atoms with Crippen LogP contribution >= 0.6 is 0 Å². The Hall–Kier alpha value is -0.850. The summed E-state index contributed by atoms with van der Waals surface area (Å²) in [6.45, 7) is 12.6. The zero-order valence-corrected chi connectivity index (χ0v) is 9.68. The van der Waals surface area contributed by atoms with Gasteiger partial charge in [-0.2, -0.15) is 0 Å². The van der Waals surface area contributed by atoms with Gasteiger partial charge in [0.05, 0.1) is 0 Å². The highest BCUT2D eigenvalue weighted by atomic mass is 14.8. The zero-order valence-electron chi connectivity index (χ0n) is 9.68. The van der Waals surface area contributed by atoms with E-state index in [0.29, 0.717) is 0 Å². The van der Waals surface area contributed by atoms with E-state index < -0.39 is 0 Å². The molecule has 0 bridgehead atoms. The van der Waals surface area contributed by atoms with E-state index in [1.807, 2.05) is 32.9 Å². The number of nitrogens with zero attached hydrogens (tertiary/aromatic N) is 1. The van der Waals surface area contributed by atoms with Gasteiger partial charge in [0.1, 0.15) is 0 Å². The highest BCUT2D eigenvalue weighted by Crippen LogP contribution is 2.26. The monoisotopic (exact) mass is 179 g/mol. The lowest BCUT2D eigenvalue weighted by molar-refractivity contribution is 0.497. The van der Waals surface area contributed by atoms with Gasteiger partial charge in [-0.15, -0.1) is 0 Å². The predicted molar refractivity (Wildman–Crippen MR) is 61.1 cm³/mol. The van der Waals surface area contributed by atoms with Gasteiger partial charge in [0, 0.05) is 16.8 Å². The number of allylic oxidation sites excluding steroid dienone is 4. The molecule has 0 saturated heterocycles. The molecule has 0 aliphatic heterocycles. The quantitative estimate of drug-likeness (QED) is 0.569. The van der Waals surface area contributed by atoms with E-state index in [1.54, 1.807) is 0 Å². The Morgan fingerprint density at radius 2 is 1.69 bits per heavy atom. The summed E-state index contributed by atoms with van der Waals surface area (Å²) in [4.78, 5) is 4.55. The lowest BCUT2D eigenvalue weighted by Gasteiger charge is -2.19. The fraction of sp³-hybridized carbons (Fsp3) is 0.583. The molecule has 0 heterocycles. The van der Waals surface area contributed by atoms with Gasteiger partial charge in [-0.1, -0.05) is 32.9 Å². The molecule has 0 amide bonds. The average molecular weight is 179 g/mol. The maximum atomic E-state index is 4.55. The summed E-state index contributed by atoms with van der Waals surface area (Å²) in [5.74, 6) is 0. The predicted octanol–water partition coefficient (Wildman–Crippen LogP) is 3.97. The summed E-state index contributed by atoms with van der Waals surface area (Å²) in [6.07, 6.45) is 6.11. The van der Waals surface area contributed by atoms with Crippen molar-refractivity contribution in [1.82, 2.24) is 0 Å². The Kier molecular flexibility index (Phi) is 4.68. The van der Waals surface area contributed by atoms with Gasteiger partial charge < -0.3 is 0 Å². The molecule has 0 N–H and O–H groups in total. The van der Waals surface area contributed by atoms with Gasteiger partial charge in [0.15, 0.2) is 0 Å². The molecule has 0 radical (unpaired) electrons. The molecule has 0 aliphatic carbocycles. The van der Waals surface area contributed by atoms with Gasteiger partial charge in [-0.05, 0) is 26.8 Å². The topological polar surface area (TPSA) is 12.4 Å². The van der Waals surface area contributed by atoms with E-state index in [2.05, 4.69) is 31.8 Å². The van der Waals surface area contributed by atoms with Gasteiger partial charge in [-0.3, -0.25) is 4.99 Å². The van der Waals surface area contributed by atoms with Crippen molar-refractivity contribution in [2.75, 3.05) is 0 Å². The van der Waals surface area contributed by atoms with Crippen molar-refractivity contribution in [3.63, 3.8) is 0 Å². The first-order valence-electron chi connectivity index (χ1n) is 4.76. The smallest absolute Gasteiger partial charge is 0.0417 e. The first-order valence-corrected chi connectivity index (χ1v) is 4.76. The Morgan fingerprint density at radius 1 is 1.15 bits per heavy atom. The molecule has 0 atom stereocenters. The molecule has 13 heavy (non-hydrogen) atoms. The minimum Gasteiger partial charge on any atom is -0.258 e. The molecule has 0 unspecified atom stereocenters. The molecule has 0 aromatic heterocycles. The minimum atomic E-state index is 0.136. The molecule has 0 aliphatic rings. The molecule has 0 spiro atoms. The molecular formula is C12H21N. The van der Waals surface area contributed by atoms with Crippen LogP contribution in [0, 0.1) is 5.41 Å². The van der Waals surface area contributed by atoms with Crippen LogP contribution in [0.1, 0.15) is 41.5 Å². The van der Waals surface area contributed by atoms with Crippen LogP contribution in [-0.4, -0.2) is 5.71 Å². The molecule has 74 valence electrons. The van der Waals surface area contributed by atoms with Gasteiger partial charge in [-0.25, -0.2) is 0 Å². The third-order valence-corrected chi connectivity index (χ3v) is 1.75. The summed E-state index contributed by atoms with van der Waals surface area (Å²) < 4.78 is 0. The van der Waals surface area contributed by atoms with Crippen LogP contribution < -0.4 is 0 Å². The highest BCUT2D eigenvalue weighted by molar-refractivity contribution is 5.93. The third kappa shape index (κ3) is 4.66. The summed E-state index contributed by atoms with van der Waals surface area (Å²) in [6, 6.07) is 0. The second-order valence-electron chi connectivity index (χ2n) is 4.18. The average Bonchev–Trinajstić information content (AvgIpc) is 1.98. The second kappa shape index (κ2) is 5.00. The standard InChI is InChI=1S/C12H21N/c1-7-9-10(3)13-11(8-2)12(4,5)6/h7-9H,1-6H3/b9-7-,11-8-,13-10-. The van der Waals surface area contributed by atoms with Gasteiger partial charge in [0.2, 0.25) is 0 Å². The zero-order chi connectivity index (χ0) is 10.5. The van der Waals surface area contributed by atoms with Crippen molar-refractivity contribution >= 4 is 5.71 Å². The van der Waals surface area contributed by atoms with E-state index in [9.17, 15) is 0 Å². The molecular weight excluding hydrogens is 158 g/mol. The van der Waals surface area contributed by atoms with E-state index in [-0.39, 0.29) is 5.41 Å². The van der Waals surface area contributed by atoms with Gasteiger partial charge in [0.25, 0.3) is 0 Å². The Morgan fingerprint density at radius 3 is 2.00 bits per heavy atom.